The zero-order valence-corrected chi connectivity index (χ0v) is 28.5. The Morgan fingerprint density at radius 1 is 0.630 bits per heavy atom. The third-order valence-corrected chi connectivity index (χ3v) is 9.75. The van der Waals surface area contributed by atoms with Gasteiger partial charge in [0.1, 0.15) is 0 Å². The SMILES string of the molecule is CC(C)(C)c1ccc2c(c1)C=c1c-2cc(=C(c2ccccc2)c2ccccc2)c(C(C)(C)C)c1C1=C(c2ccccc2Cl)C=CC1. The number of hydrogen-bond acceptors (Lipinski definition) is 0. The predicted molar refractivity (Wildman–Crippen MR) is 199 cm³/mol. The van der Waals surface area contributed by atoms with Crippen molar-refractivity contribution in [1.82, 2.24) is 0 Å². The van der Waals surface area contributed by atoms with E-state index in [-0.39, 0.29) is 10.8 Å². The van der Waals surface area contributed by atoms with Crippen molar-refractivity contribution in [2.45, 2.75) is 58.8 Å². The summed E-state index contributed by atoms with van der Waals surface area (Å²) in [4.78, 5) is 0. The molecule has 1 heteroatoms. The van der Waals surface area contributed by atoms with E-state index < -0.39 is 0 Å². The van der Waals surface area contributed by atoms with Gasteiger partial charge in [0.15, 0.2) is 0 Å². The summed E-state index contributed by atoms with van der Waals surface area (Å²) in [6.45, 7) is 14.0. The molecule has 0 unspecified atom stereocenters. The molecule has 0 nitrogen and oxygen atoms in total. The minimum atomic E-state index is -0.158. The van der Waals surface area contributed by atoms with Crippen LogP contribution in [0.4, 0.5) is 0 Å². The largest absolute Gasteiger partial charge is 0.0837 e. The number of fused-ring (bicyclic) bond motifs is 3. The van der Waals surface area contributed by atoms with E-state index in [2.05, 4.69) is 157 Å². The van der Waals surface area contributed by atoms with Crippen LogP contribution in [0.3, 0.4) is 0 Å². The zero-order valence-electron chi connectivity index (χ0n) is 27.7. The lowest BCUT2D eigenvalue weighted by molar-refractivity contribution is 0.583. The smallest absolute Gasteiger partial charge is 0.0484 e. The van der Waals surface area contributed by atoms with Gasteiger partial charge in [-0.3, -0.25) is 0 Å². The Balaban J connectivity index is 1.71. The number of hydrogen-bond donors (Lipinski definition) is 0. The van der Waals surface area contributed by atoms with Crippen molar-refractivity contribution in [1.29, 1.82) is 0 Å². The maximum absolute atomic E-state index is 6.90. The second-order valence-electron chi connectivity index (χ2n) is 14.7. The molecule has 0 aromatic heterocycles. The van der Waals surface area contributed by atoms with Crippen molar-refractivity contribution in [3.05, 3.63) is 176 Å². The monoisotopic (exact) mass is 616 g/mol. The second kappa shape index (κ2) is 11.4. The molecule has 0 N–H and O–H groups in total. The average molecular weight is 617 g/mol. The van der Waals surface area contributed by atoms with Crippen LogP contribution in [0.15, 0.2) is 121 Å². The molecule has 228 valence electrons. The van der Waals surface area contributed by atoms with Gasteiger partial charge in [-0.1, -0.05) is 162 Å². The zero-order chi connectivity index (χ0) is 32.2. The molecule has 5 aromatic carbocycles. The lowest BCUT2D eigenvalue weighted by Crippen LogP contribution is -2.32. The Morgan fingerprint density at radius 3 is 1.87 bits per heavy atom. The molecule has 0 spiro atoms. The van der Waals surface area contributed by atoms with E-state index in [9.17, 15) is 0 Å². The van der Waals surface area contributed by atoms with Crippen molar-refractivity contribution in [3.63, 3.8) is 0 Å². The first-order chi connectivity index (χ1) is 22.0. The Kier molecular flexibility index (Phi) is 7.53. The standard InChI is InChI=1S/C45H41Cl/c1-44(2,3)32-24-25-33-31(26-32)27-38-37(33)28-39(41(29-16-9-7-10-17-29)30-18-11-8-12-19-30)43(45(4,5)6)42(38)36-22-15-21-34(36)35-20-13-14-23-40(35)46/h7-21,23-28H,22H2,1-6H3. The molecule has 2 aliphatic carbocycles. The van der Waals surface area contributed by atoms with Crippen molar-refractivity contribution in [2.75, 3.05) is 0 Å². The maximum Gasteiger partial charge on any atom is 0.0484 e. The van der Waals surface area contributed by atoms with Gasteiger partial charge >= 0.3 is 0 Å². The van der Waals surface area contributed by atoms with Crippen LogP contribution in [0.1, 0.15) is 86.9 Å². The van der Waals surface area contributed by atoms with Crippen LogP contribution in [-0.4, -0.2) is 0 Å². The molecule has 2 aliphatic rings. The summed E-state index contributed by atoms with van der Waals surface area (Å²) in [5.74, 6) is 0. The van der Waals surface area contributed by atoms with Gasteiger partial charge in [-0.05, 0) is 107 Å². The maximum atomic E-state index is 6.90. The molecule has 0 saturated carbocycles. The van der Waals surface area contributed by atoms with Gasteiger partial charge in [-0.2, -0.15) is 0 Å². The number of rotatable bonds is 4. The van der Waals surface area contributed by atoms with E-state index >= 15 is 0 Å². The van der Waals surface area contributed by atoms with Crippen molar-refractivity contribution in [2.24, 2.45) is 0 Å². The Bertz CT molecular complexity index is 2120. The van der Waals surface area contributed by atoms with Crippen LogP contribution in [0.2, 0.25) is 5.02 Å². The van der Waals surface area contributed by atoms with Gasteiger partial charge in [0.25, 0.3) is 0 Å². The summed E-state index contributed by atoms with van der Waals surface area (Å²) in [7, 11) is 0. The van der Waals surface area contributed by atoms with E-state index in [1.165, 1.54) is 71.7 Å². The van der Waals surface area contributed by atoms with Crippen LogP contribution in [0.5, 0.6) is 0 Å². The van der Waals surface area contributed by atoms with Crippen LogP contribution >= 0.6 is 11.6 Å². The van der Waals surface area contributed by atoms with Gasteiger partial charge in [0.05, 0.1) is 0 Å². The van der Waals surface area contributed by atoms with E-state index in [1.807, 2.05) is 12.1 Å². The predicted octanol–water partition coefficient (Wildman–Crippen LogP) is 10.9. The van der Waals surface area contributed by atoms with Crippen molar-refractivity contribution >= 4 is 34.4 Å². The lowest BCUT2D eigenvalue weighted by Gasteiger charge is -2.28. The summed E-state index contributed by atoms with van der Waals surface area (Å²) in [5.41, 5.74) is 15.2. The number of allylic oxidation sites excluding steroid dienone is 4. The van der Waals surface area contributed by atoms with Gasteiger partial charge in [0.2, 0.25) is 0 Å². The highest BCUT2D eigenvalue weighted by Gasteiger charge is 2.30. The van der Waals surface area contributed by atoms with Gasteiger partial charge in [-0.25, -0.2) is 0 Å². The molecule has 46 heavy (non-hydrogen) atoms. The third kappa shape index (κ3) is 5.29. The molecule has 0 aliphatic heterocycles. The van der Waals surface area contributed by atoms with Crippen LogP contribution in [0.25, 0.3) is 33.9 Å². The molecule has 0 amide bonds. The summed E-state index contributed by atoms with van der Waals surface area (Å²) in [6.07, 6.45) is 7.90. The summed E-state index contributed by atoms with van der Waals surface area (Å²) in [6, 6.07) is 39.7. The van der Waals surface area contributed by atoms with Crippen LogP contribution in [-0.2, 0) is 10.8 Å². The van der Waals surface area contributed by atoms with Gasteiger partial charge in [0, 0.05) is 10.6 Å². The Hall–Kier alpha value is -4.39. The summed E-state index contributed by atoms with van der Waals surface area (Å²) >= 11 is 6.90. The quantitative estimate of drug-likeness (QED) is 0.185. The normalized spacial score (nSPS) is 13.9. The van der Waals surface area contributed by atoms with Crippen LogP contribution < -0.4 is 10.4 Å². The number of benzene rings is 5. The average Bonchev–Trinajstić information content (AvgIpc) is 3.66. The first-order valence-electron chi connectivity index (χ1n) is 16.4. The highest BCUT2D eigenvalue weighted by atomic mass is 35.5. The van der Waals surface area contributed by atoms with Crippen molar-refractivity contribution in [3.8, 4) is 11.1 Å². The molecule has 5 aromatic rings. The Labute approximate surface area is 279 Å². The van der Waals surface area contributed by atoms with Gasteiger partial charge in [-0.15, -0.1) is 0 Å². The topological polar surface area (TPSA) is 0 Å². The lowest BCUT2D eigenvalue weighted by atomic mass is 9.75. The molecule has 0 heterocycles. The van der Waals surface area contributed by atoms with E-state index in [1.54, 1.807) is 0 Å². The fraction of sp³-hybridized carbons (Fsp3) is 0.200. The fourth-order valence-corrected chi connectivity index (χ4v) is 7.51. The molecular formula is C45H41Cl. The van der Waals surface area contributed by atoms with Gasteiger partial charge < -0.3 is 0 Å². The Morgan fingerprint density at radius 2 is 1.26 bits per heavy atom. The highest BCUT2D eigenvalue weighted by Crippen LogP contribution is 2.42. The molecule has 0 fully saturated rings. The molecule has 7 rings (SSSR count). The van der Waals surface area contributed by atoms with Crippen LogP contribution in [0, 0.1) is 0 Å². The summed E-state index contributed by atoms with van der Waals surface area (Å²) < 4.78 is 0. The summed E-state index contributed by atoms with van der Waals surface area (Å²) in [5, 5.41) is 3.39. The van der Waals surface area contributed by atoms with Crippen molar-refractivity contribution < 1.29 is 0 Å². The molecule has 0 saturated heterocycles. The molecule has 0 radical (unpaired) electrons. The minimum absolute atomic E-state index is 0.0684. The molecule has 0 bridgehead atoms. The minimum Gasteiger partial charge on any atom is -0.0837 e. The van der Waals surface area contributed by atoms with E-state index in [0.29, 0.717) is 0 Å². The van der Waals surface area contributed by atoms with E-state index in [4.69, 9.17) is 11.6 Å². The third-order valence-electron chi connectivity index (χ3n) is 9.42. The first kappa shape index (κ1) is 30.3. The number of halogens is 1. The first-order valence-corrected chi connectivity index (χ1v) is 16.7. The highest BCUT2D eigenvalue weighted by molar-refractivity contribution is 6.33. The second-order valence-corrected chi connectivity index (χ2v) is 15.1. The molecular weight excluding hydrogens is 576 g/mol. The van der Waals surface area contributed by atoms with E-state index in [0.717, 1.165) is 17.0 Å². The fourth-order valence-electron chi connectivity index (χ4n) is 7.27. The molecule has 0 atom stereocenters.